The largest absolute Gasteiger partial charge is 0.335 e. The lowest BCUT2D eigenvalue weighted by atomic mass is 9.96. The number of nitrogens with one attached hydrogen (secondary N) is 3. The maximum Gasteiger partial charge on any atom is 0.319 e. The molecular weight excluding hydrogens is 250 g/mol. The molecule has 0 bridgehead atoms. The van der Waals surface area contributed by atoms with Crippen LogP contribution in [0.4, 0.5) is 10.5 Å². The van der Waals surface area contributed by atoms with E-state index >= 15 is 0 Å². The minimum atomic E-state index is -0.0915. The third-order valence-electron chi connectivity index (χ3n) is 4.02. The number of amides is 2. The highest BCUT2D eigenvalue weighted by atomic mass is 16.2. The molecule has 0 saturated heterocycles. The van der Waals surface area contributed by atoms with E-state index in [2.05, 4.69) is 28.9 Å². The summed E-state index contributed by atoms with van der Waals surface area (Å²) in [4.78, 5) is 12.0. The maximum absolute atomic E-state index is 12.0. The second-order valence-corrected chi connectivity index (χ2v) is 5.57. The van der Waals surface area contributed by atoms with Crippen LogP contribution in [0.3, 0.4) is 0 Å². The van der Waals surface area contributed by atoms with Crippen LogP contribution in [-0.2, 0) is 0 Å². The fraction of sp³-hybridized carbons (Fsp3) is 0.562. The van der Waals surface area contributed by atoms with Gasteiger partial charge in [0.05, 0.1) is 0 Å². The lowest BCUT2D eigenvalue weighted by molar-refractivity contribution is 0.244. The number of anilines is 1. The third kappa shape index (κ3) is 4.23. The Bertz CT molecular complexity index is 441. The minimum absolute atomic E-state index is 0.0915. The summed E-state index contributed by atoms with van der Waals surface area (Å²) in [5.41, 5.74) is 2.01. The molecule has 0 aliphatic heterocycles. The van der Waals surface area contributed by atoms with Crippen molar-refractivity contribution in [2.45, 2.75) is 51.1 Å². The van der Waals surface area contributed by atoms with E-state index in [4.69, 9.17) is 0 Å². The van der Waals surface area contributed by atoms with Crippen LogP contribution in [-0.4, -0.2) is 19.1 Å². The van der Waals surface area contributed by atoms with E-state index in [0.29, 0.717) is 6.04 Å². The molecule has 4 heteroatoms. The molecule has 0 radical (unpaired) electrons. The summed E-state index contributed by atoms with van der Waals surface area (Å²) >= 11 is 0. The molecule has 1 atom stereocenters. The topological polar surface area (TPSA) is 53.2 Å². The molecule has 1 aliphatic rings. The zero-order valence-corrected chi connectivity index (χ0v) is 12.4. The number of hydrogen-bond acceptors (Lipinski definition) is 2. The van der Waals surface area contributed by atoms with Crippen LogP contribution in [0.5, 0.6) is 0 Å². The van der Waals surface area contributed by atoms with Crippen molar-refractivity contribution in [1.29, 1.82) is 0 Å². The predicted molar refractivity (Wildman–Crippen MR) is 82.9 cm³/mol. The number of carbonyl (C=O) groups excluding carboxylic acids is 1. The summed E-state index contributed by atoms with van der Waals surface area (Å²) < 4.78 is 0. The second-order valence-electron chi connectivity index (χ2n) is 5.57. The summed E-state index contributed by atoms with van der Waals surface area (Å²) in [6.07, 6.45) is 5.94. The second kappa shape index (κ2) is 7.29. The van der Waals surface area contributed by atoms with E-state index in [1.54, 1.807) is 0 Å². The number of hydrogen-bond donors (Lipinski definition) is 3. The van der Waals surface area contributed by atoms with Crippen LogP contribution in [0.2, 0.25) is 0 Å². The van der Waals surface area contributed by atoms with Gasteiger partial charge in [0.15, 0.2) is 0 Å². The van der Waals surface area contributed by atoms with Gasteiger partial charge in [0.2, 0.25) is 0 Å². The Kier molecular flexibility index (Phi) is 5.41. The molecule has 110 valence electrons. The number of carbonyl (C=O) groups is 1. The first-order valence-electron chi connectivity index (χ1n) is 7.54. The Morgan fingerprint density at radius 1 is 1.25 bits per heavy atom. The van der Waals surface area contributed by atoms with Gasteiger partial charge in [-0.3, -0.25) is 0 Å². The van der Waals surface area contributed by atoms with Crippen molar-refractivity contribution in [3.05, 3.63) is 29.8 Å². The number of rotatable bonds is 4. The van der Waals surface area contributed by atoms with E-state index < -0.39 is 0 Å². The van der Waals surface area contributed by atoms with Crippen molar-refractivity contribution >= 4 is 11.7 Å². The van der Waals surface area contributed by atoms with Gasteiger partial charge < -0.3 is 16.0 Å². The molecule has 1 saturated carbocycles. The molecule has 3 N–H and O–H groups in total. The normalized spacial score (nSPS) is 17.5. The molecule has 1 unspecified atom stereocenters. The van der Waals surface area contributed by atoms with Crippen molar-refractivity contribution in [2.24, 2.45) is 0 Å². The molecule has 0 aromatic heterocycles. The molecule has 1 aliphatic carbocycles. The summed E-state index contributed by atoms with van der Waals surface area (Å²) in [5.74, 6) is 0. The first kappa shape index (κ1) is 14.9. The molecule has 1 aromatic carbocycles. The van der Waals surface area contributed by atoms with Gasteiger partial charge >= 0.3 is 6.03 Å². The van der Waals surface area contributed by atoms with E-state index in [-0.39, 0.29) is 12.1 Å². The van der Waals surface area contributed by atoms with E-state index in [9.17, 15) is 4.79 Å². The Labute approximate surface area is 121 Å². The summed E-state index contributed by atoms with van der Waals surface area (Å²) in [5, 5.41) is 9.19. The zero-order chi connectivity index (χ0) is 14.4. The van der Waals surface area contributed by atoms with Gasteiger partial charge in [-0.2, -0.15) is 0 Å². The van der Waals surface area contributed by atoms with Crippen LogP contribution in [0.25, 0.3) is 0 Å². The van der Waals surface area contributed by atoms with Gasteiger partial charge in [0.1, 0.15) is 0 Å². The van der Waals surface area contributed by atoms with Crippen molar-refractivity contribution < 1.29 is 4.79 Å². The number of benzene rings is 1. The van der Waals surface area contributed by atoms with E-state index in [1.807, 2.05) is 25.2 Å². The van der Waals surface area contributed by atoms with E-state index in [0.717, 1.165) is 18.5 Å². The van der Waals surface area contributed by atoms with Crippen LogP contribution < -0.4 is 16.0 Å². The molecular formula is C16H25N3O. The summed E-state index contributed by atoms with van der Waals surface area (Å²) in [7, 11) is 1.93. The minimum Gasteiger partial charge on any atom is -0.335 e. The van der Waals surface area contributed by atoms with Crippen LogP contribution >= 0.6 is 0 Å². The standard InChI is InChI=1S/C16H25N3O/c1-12(17-2)13-7-6-10-15(11-13)19-16(20)18-14-8-4-3-5-9-14/h6-7,10-12,14,17H,3-5,8-9H2,1-2H3,(H2,18,19,20). The van der Waals surface area contributed by atoms with Gasteiger partial charge in [-0.1, -0.05) is 31.4 Å². The van der Waals surface area contributed by atoms with Crippen LogP contribution in [0.15, 0.2) is 24.3 Å². The lowest BCUT2D eigenvalue weighted by Crippen LogP contribution is -2.39. The quantitative estimate of drug-likeness (QED) is 0.788. The molecule has 1 fully saturated rings. The highest BCUT2D eigenvalue weighted by Gasteiger charge is 2.15. The molecule has 0 spiro atoms. The van der Waals surface area contributed by atoms with Crippen LogP contribution in [0.1, 0.15) is 50.6 Å². The van der Waals surface area contributed by atoms with Crippen molar-refractivity contribution in [3.8, 4) is 0 Å². The number of urea groups is 1. The Balaban J connectivity index is 1.90. The van der Waals surface area contributed by atoms with Gasteiger partial charge in [-0.05, 0) is 44.5 Å². The average molecular weight is 275 g/mol. The van der Waals surface area contributed by atoms with Gasteiger partial charge in [-0.15, -0.1) is 0 Å². The SMILES string of the molecule is CNC(C)c1cccc(NC(=O)NC2CCCCC2)c1. The Morgan fingerprint density at radius 3 is 2.70 bits per heavy atom. The van der Waals surface area contributed by atoms with Crippen molar-refractivity contribution in [1.82, 2.24) is 10.6 Å². The fourth-order valence-electron chi connectivity index (χ4n) is 2.65. The first-order chi connectivity index (χ1) is 9.69. The summed E-state index contributed by atoms with van der Waals surface area (Å²) in [6.45, 7) is 2.10. The Hall–Kier alpha value is -1.55. The van der Waals surface area contributed by atoms with Gasteiger partial charge in [0, 0.05) is 17.8 Å². The lowest BCUT2D eigenvalue weighted by Gasteiger charge is -2.23. The molecule has 0 heterocycles. The first-order valence-corrected chi connectivity index (χ1v) is 7.54. The van der Waals surface area contributed by atoms with Crippen molar-refractivity contribution in [2.75, 3.05) is 12.4 Å². The molecule has 1 aromatic rings. The predicted octanol–water partition coefficient (Wildman–Crippen LogP) is 3.42. The Morgan fingerprint density at radius 2 is 2.00 bits per heavy atom. The monoisotopic (exact) mass is 275 g/mol. The molecule has 2 amide bonds. The van der Waals surface area contributed by atoms with Crippen LogP contribution in [0, 0.1) is 0 Å². The van der Waals surface area contributed by atoms with Gasteiger partial charge in [0.25, 0.3) is 0 Å². The fourth-order valence-corrected chi connectivity index (χ4v) is 2.65. The highest BCUT2D eigenvalue weighted by molar-refractivity contribution is 5.89. The molecule has 4 nitrogen and oxygen atoms in total. The zero-order valence-electron chi connectivity index (χ0n) is 12.4. The smallest absolute Gasteiger partial charge is 0.319 e. The third-order valence-corrected chi connectivity index (χ3v) is 4.02. The van der Waals surface area contributed by atoms with Gasteiger partial charge in [-0.25, -0.2) is 4.79 Å². The summed E-state index contributed by atoms with van der Waals surface area (Å²) in [6, 6.07) is 8.49. The maximum atomic E-state index is 12.0. The average Bonchev–Trinajstić information content (AvgIpc) is 2.47. The van der Waals surface area contributed by atoms with Crippen molar-refractivity contribution in [3.63, 3.8) is 0 Å². The molecule has 2 rings (SSSR count). The van der Waals surface area contributed by atoms with E-state index in [1.165, 1.54) is 24.8 Å². The molecule has 20 heavy (non-hydrogen) atoms. The highest BCUT2D eigenvalue weighted by Crippen LogP contribution is 2.19.